The van der Waals surface area contributed by atoms with Gasteiger partial charge in [-0.1, -0.05) is 18.9 Å². The number of ether oxygens (including phenoxy) is 3. The van der Waals surface area contributed by atoms with Gasteiger partial charge in [0, 0.05) is 12.6 Å². The number of carbonyl (C=O) groups is 1. The molecule has 7 heteroatoms. The SMILES string of the molecule is COc1ccc(CCO[C@H]2CCCC[C@@H]2N2CCC([C@H](C(=O)O)N(C)C)C2)cc1OC. The van der Waals surface area contributed by atoms with Crippen LogP contribution in [0.2, 0.25) is 0 Å². The van der Waals surface area contributed by atoms with E-state index in [0.29, 0.717) is 12.6 Å². The van der Waals surface area contributed by atoms with Crippen molar-refractivity contribution in [3.05, 3.63) is 23.8 Å². The van der Waals surface area contributed by atoms with Crippen LogP contribution in [0, 0.1) is 5.92 Å². The number of methoxy groups -OCH3 is 2. The molecule has 0 bridgehead atoms. The van der Waals surface area contributed by atoms with E-state index in [2.05, 4.69) is 11.0 Å². The quantitative estimate of drug-likeness (QED) is 0.607. The van der Waals surface area contributed by atoms with Crippen LogP contribution < -0.4 is 9.47 Å². The molecule has 1 heterocycles. The summed E-state index contributed by atoms with van der Waals surface area (Å²) in [5.74, 6) is 0.929. The Bertz CT molecular complexity index is 726. The number of likely N-dealkylation sites (N-methyl/N-ethyl adjacent to an activating group) is 1. The molecule has 0 aromatic heterocycles. The number of carboxylic acids is 1. The summed E-state index contributed by atoms with van der Waals surface area (Å²) in [7, 11) is 7.02. The second kappa shape index (κ2) is 11.2. The Balaban J connectivity index is 1.56. The highest BCUT2D eigenvalue weighted by molar-refractivity contribution is 5.74. The van der Waals surface area contributed by atoms with Gasteiger partial charge in [0.15, 0.2) is 11.5 Å². The van der Waals surface area contributed by atoms with E-state index in [4.69, 9.17) is 14.2 Å². The summed E-state index contributed by atoms with van der Waals surface area (Å²) in [6, 6.07) is 5.98. The Hall–Kier alpha value is -1.83. The monoisotopic (exact) mass is 434 g/mol. The Labute approximate surface area is 186 Å². The summed E-state index contributed by atoms with van der Waals surface area (Å²) in [6.45, 7) is 2.47. The first kappa shape index (κ1) is 23.8. The molecule has 1 saturated carbocycles. The second-order valence-electron chi connectivity index (χ2n) is 8.99. The molecule has 0 amide bonds. The maximum Gasteiger partial charge on any atom is 0.321 e. The van der Waals surface area contributed by atoms with Gasteiger partial charge in [-0.3, -0.25) is 14.6 Å². The number of benzene rings is 1. The van der Waals surface area contributed by atoms with Crippen LogP contribution in [0.3, 0.4) is 0 Å². The Morgan fingerprint density at radius 2 is 1.90 bits per heavy atom. The van der Waals surface area contributed by atoms with Gasteiger partial charge >= 0.3 is 5.97 Å². The summed E-state index contributed by atoms with van der Waals surface area (Å²) < 4.78 is 17.1. The van der Waals surface area contributed by atoms with Crippen molar-refractivity contribution in [2.45, 2.75) is 56.7 Å². The minimum Gasteiger partial charge on any atom is -0.493 e. The van der Waals surface area contributed by atoms with Gasteiger partial charge in [0.25, 0.3) is 0 Å². The fourth-order valence-corrected chi connectivity index (χ4v) is 5.27. The van der Waals surface area contributed by atoms with E-state index in [1.54, 1.807) is 14.2 Å². The lowest BCUT2D eigenvalue weighted by molar-refractivity contribution is -0.144. The standard InChI is InChI=1S/C24H38N2O5/c1-25(2)23(24(27)28)18-11-13-26(16-18)19-7-5-6-8-20(19)31-14-12-17-9-10-21(29-3)22(15-17)30-4/h9-10,15,18-20,23H,5-8,11-14,16H2,1-4H3,(H,27,28)/t18?,19-,20-,23+/m0/s1. The molecular weight excluding hydrogens is 396 g/mol. The predicted molar refractivity (Wildman–Crippen MR) is 120 cm³/mol. The van der Waals surface area contributed by atoms with Gasteiger partial charge in [0.05, 0.1) is 26.9 Å². The lowest BCUT2D eigenvalue weighted by Crippen LogP contribution is -2.48. The maximum absolute atomic E-state index is 11.7. The van der Waals surface area contributed by atoms with Crippen molar-refractivity contribution in [3.63, 3.8) is 0 Å². The largest absolute Gasteiger partial charge is 0.493 e. The molecule has 1 aliphatic heterocycles. The van der Waals surface area contributed by atoms with E-state index >= 15 is 0 Å². The van der Waals surface area contributed by atoms with Crippen molar-refractivity contribution in [1.82, 2.24) is 9.80 Å². The zero-order valence-electron chi connectivity index (χ0n) is 19.4. The molecule has 0 spiro atoms. The highest BCUT2D eigenvalue weighted by Crippen LogP contribution is 2.32. The molecule has 31 heavy (non-hydrogen) atoms. The Morgan fingerprint density at radius 3 is 2.58 bits per heavy atom. The third kappa shape index (κ3) is 5.90. The van der Waals surface area contributed by atoms with Crippen LogP contribution in [-0.2, 0) is 16.0 Å². The molecule has 2 fully saturated rings. The summed E-state index contributed by atoms with van der Waals surface area (Å²) in [6.07, 6.45) is 6.61. The van der Waals surface area contributed by atoms with E-state index in [0.717, 1.165) is 50.3 Å². The summed E-state index contributed by atoms with van der Waals surface area (Å²) in [5.41, 5.74) is 1.17. The Morgan fingerprint density at radius 1 is 1.16 bits per heavy atom. The molecule has 1 aromatic carbocycles. The molecule has 4 atom stereocenters. The van der Waals surface area contributed by atoms with Crippen molar-refractivity contribution >= 4 is 5.97 Å². The fraction of sp³-hybridized carbons (Fsp3) is 0.708. The van der Waals surface area contributed by atoms with Gasteiger partial charge in [-0.25, -0.2) is 0 Å². The van der Waals surface area contributed by atoms with Crippen LogP contribution >= 0.6 is 0 Å². The number of nitrogens with zero attached hydrogens (tertiary/aromatic N) is 2. The number of carboxylic acid groups (broad SMARTS) is 1. The summed E-state index contributed by atoms with van der Waals surface area (Å²) >= 11 is 0. The zero-order chi connectivity index (χ0) is 22.4. The van der Waals surface area contributed by atoms with Crippen LogP contribution in [0.5, 0.6) is 11.5 Å². The maximum atomic E-state index is 11.7. The number of aliphatic carboxylic acids is 1. The number of likely N-dealkylation sites (tertiary alicyclic amines) is 1. The molecule has 7 nitrogen and oxygen atoms in total. The highest BCUT2D eigenvalue weighted by Gasteiger charge is 2.40. The molecule has 0 radical (unpaired) electrons. The van der Waals surface area contributed by atoms with Crippen LogP contribution in [0.4, 0.5) is 0 Å². The molecule has 1 N–H and O–H groups in total. The lowest BCUT2D eigenvalue weighted by atomic mass is 9.91. The molecule has 1 aromatic rings. The predicted octanol–water partition coefficient (Wildman–Crippen LogP) is 2.91. The average Bonchev–Trinajstić information content (AvgIpc) is 3.22. The van der Waals surface area contributed by atoms with Crippen LogP contribution in [0.25, 0.3) is 0 Å². The van der Waals surface area contributed by atoms with Crippen molar-refractivity contribution in [3.8, 4) is 11.5 Å². The molecular formula is C24H38N2O5. The van der Waals surface area contributed by atoms with Crippen molar-refractivity contribution in [2.24, 2.45) is 5.92 Å². The topological polar surface area (TPSA) is 71.5 Å². The minimum absolute atomic E-state index is 0.168. The zero-order valence-corrected chi connectivity index (χ0v) is 19.4. The first-order chi connectivity index (χ1) is 14.9. The summed E-state index contributed by atoms with van der Waals surface area (Å²) in [4.78, 5) is 16.1. The molecule has 1 aliphatic carbocycles. The molecule has 2 aliphatic rings. The molecule has 1 saturated heterocycles. The van der Waals surface area contributed by atoms with Gasteiger partial charge in [-0.05, 0) is 69.9 Å². The highest BCUT2D eigenvalue weighted by atomic mass is 16.5. The first-order valence-corrected chi connectivity index (χ1v) is 11.4. The van der Waals surface area contributed by atoms with Crippen molar-refractivity contribution < 1.29 is 24.1 Å². The van der Waals surface area contributed by atoms with Crippen molar-refractivity contribution in [2.75, 3.05) is 48.0 Å². The number of rotatable bonds is 10. The van der Waals surface area contributed by atoms with E-state index in [1.807, 2.05) is 31.1 Å². The van der Waals surface area contributed by atoms with Gasteiger partial charge in [-0.15, -0.1) is 0 Å². The average molecular weight is 435 g/mol. The van der Waals surface area contributed by atoms with Gasteiger partial charge in [-0.2, -0.15) is 0 Å². The first-order valence-electron chi connectivity index (χ1n) is 11.4. The molecule has 174 valence electrons. The van der Waals surface area contributed by atoms with E-state index in [-0.39, 0.29) is 12.0 Å². The van der Waals surface area contributed by atoms with Crippen LogP contribution in [-0.4, -0.2) is 87.1 Å². The Kier molecular flexibility index (Phi) is 8.58. The molecule has 3 rings (SSSR count). The smallest absolute Gasteiger partial charge is 0.321 e. The fourth-order valence-electron chi connectivity index (χ4n) is 5.27. The summed E-state index contributed by atoms with van der Waals surface area (Å²) in [5, 5.41) is 9.65. The number of hydrogen-bond acceptors (Lipinski definition) is 6. The third-order valence-electron chi connectivity index (χ3n) is 6.82. The number of hydrogen-bond donors (Lipinski definition) is 1. The molecule has 1 unspecified atom stereocenters. The van der Waals surface area contributed by atoms with Gasteiger partial charge in [0.1, 0.15) is 6.04 Å². The van der Waals surface area contributed by atoms with E-state index in [9.17, 15) is 9.90 Å². The van der Waals surface area contributed by atoms with Crippen LogP contribution in [0.1, 0.15) is 37.7 Å². The lowest BCUT2D eigenvalue weighted by Gasteiger charge is -2.38. The second-order valence-corrected chi connectivity index (χ2v) is 8.99. The normalized spacial score (nSPS) is 25.5. The minimum atomic E-state index is -0.719. The van der Waals surface area contributed by atoms with E-state index < -0.39 is 12.0 Å². The van der Waals surface area contributed by atoms with E-state index in [1.165, 1.54) is 18.4 Å². The van der Waals surface area contributed by atoms with Crippen molar-refractivity contribution in [1.29, 1.82) is 0 Å². The third-order valence-corrected chi connectivity index (χ3v) is 6.82. The van der Waals surface area contributed by atoms with Gasteiger partial charge in [0.2, 0.25) is 0 Å². The van der Waals surface area contributed by atoms with Crippen LogP contribution in [0.15, 0.2) is 18.2 Å². The van der Waals surface area contributed by atoms with Gasteiger partial charge < -0.3 is 19.3 Å².